The van der Waals surface area contributed by atoms with E-state index in [2.05, 4.69) is 39.7 Å². The minimum absolute atomic E-state index is 0.0832. The number of nitrogens with one attached hydrogen (secondary N) is 1. The van der Waals surface area contributed by atoms with Crippen molar-refractivity contribution in [2.24, 2.45) is 0 Å². The van der Waals surface area contributed by atoms with Crippen molar-refractivity contribution in [2.75, 3.05) is 19.4 Å². The summed E-state index contributed by atoms with van der Waals surface area (Å²) in [4.78, 5) is 19.3. The molecule has 0 unspecified atom stereocenters. The molecule has 0 aliphatic heterocycles. The van der Waals surface area contributed by atoms with Gasteiger partial charge in [0.1, 0.15) is 5.82 Å². The zero-order chi connectivity index (χ0) is 20.1. The summed E-state index contributed by atoms with van der Waals surface area (Å²) < 4.78 is 2.15. The maximum atomic E-state index is 12.8. The first-order chi connectivity index (χ1) is 13.4. The molecule has 5 nitrogen and oxygen atoms in total. The number of nitrogens with zero attached hydrogens (tertiary/aromatic N) is 3. The van der Waals surface area contributed by atoms with Crippen LogP contribution >= 0.6 is 0 Å². The quantitative estimate of drug-likeness (QED) is 0.666. The van der Waals surface area contributed by atoms with E-state index in [1.807, 2.05) is 69.0 Å². The lowest BCUT2D eigenvalue weighted by Crippen LogP contribution is -2.18. The maximum absolute atomic E-state index is 12.8. The summed E-state index contributed by atoms with van der Waals surface area (Å²) in [5.41, 5.74) is 3.65. The van der Waals surface area contributed by atoms with Crippen molar-refractivity contribution in [2.45, 2.75) is 32.9 Å². The number of aromatic nitrogens is 2. The molecule has 0 spiro atoms. The number of anilines is 1. The average molecular weight is 377 g/mol. The third kappa shape index (κ3) is 4.87. The molecular formula is C23H28N4O. The lowest BCUT2D eigenvalue weighted by molar-refractivity contribution is 0.102. The van der Waals surface area contributed by atoms with Crippen LogP contribution in [0, 0.1) is 0 Å². The summed E-state index contributed by atoms with van der Waals surface area (Å²) in [7, 11) is 4.00. The van der Waals surface area contributed by atoms with Crippen LogP contribution in [-0.4, -0.2) is 34.5 Å². The highest BCUT2D eigenvalue weighted by atomic mass is 16.1. The van der Waals surface area contributed by atoms with Gasteiger partial charge in [-0.15, -0.1) is 0 Å². The second kappa shape index (κ2) is 8.85. The van der Waals surface area contributed by atoms with Gasteiger partial charge in [-0.3, -0.25) is 4.79 Å². The van der Waals surface area contributed by atoms with Crippen molar-refractivity contribution in [3.8, 4) is 0 Å². The molecule has 0 aliphatic rings. The molecule has 2 aromatic carbocycles. The molecular weight excluding hydrogens is 348 g/mol. The van der Waals surface area contributed by atoms with Gasteiger partial charge in [0.2, 0.25) is 0 Å². The molecule has 1 aromatic heterocycles. The molecule has 0 fully saturated rings. The number of carbonyl (C=O) groups is 1. The molecule has 1 N–H and O–H groups in total. The number of hydrogen-bond acceptors (Lipinski definition) is 3. The van der Waals surface area contributed by atoms with Gasteiger partial charge >= 0.3 is 0 Å². The lowest BCUT2D eigenvalue weighted by atomic mass is 10.1. The van der Waals surface area contributed by atoms with Crippen molar-refractivity contribution >= 4 is 11.6 Å². The van der Waals surface area contributed by atoms with Crippen LogP contribution in [0.2, 0.25) is 0 Å². The predicted molar refractivity (Wildman–Crippen MR) is 114 cm³/mol. The van der Waals surface area contributed by atoms with Crippen molar-refractivity contribution in [1.29, 1.82) is 0 Å². The second-order valence-electron chi connectivity index (χ2n) is 7.62. The number of amides is 1. The minimum atomic E-state index is -0.0832. The van der Waals surface area contributed by atoms with Crippen LogP contribution in [-0.2, 0) is 13.1 Å². The van der Waals surface area contributed by atoms with Crippen LogP contribution < -0.4 is 5.32 Å². The second-order valence-corrected chi connectivity index (χ2v) is 7.62. The highest BCUT2D eigenvalue weighted by Gasteiger charge is 2.12. The number of imidazole rings is 1. The standard InChI is InChI=1S/C23H28N4O/c1-17(2)22-24-12-13-27(22)15-18-8-7-10-20(14-18)25-23(28)21-11-6-5-9-19(21)16-26(3)4/h5-14,17H,15-16H2,1-4H3,(H,25,28). The van der Waals surface area contributed by atoms with E-state index in [9.17, 15) is 4.79 Å². The zero-order valence-electron chi connectivity index (χ0n) is 17.0. The molecule has 0 atom stereocenters. The Bertz CT molecular complexity index is 943. The predicted octanol–water partition coefficient (Wildman–Crippen LogP) is 4.37. The van der Waals surface area contributed by atoms with Gasteiger partial charge in [0.15, 0.2) is 0 Å². The molecule has 0 saturated heterocycles. The monoisotopic (exact) mass is 376 g/mol. The van der Waals surface area contributed by atoms with E-state index >= 15 is 0 Å². The fourth-order valence-corrected chi connectivity index (χ4v) is 3.32. The van der Waals surface area contributed by atoms with Crippen LogP contribution in [0.15, 0.2) is 60.9 Å². The van der Waals surface area contributed by atoms with Gasteiger partial charge in [-0.25, -0.2) is 4.98 Å². The fourth-order valence-electron chi connectivity index (χ4n) is 3.32. The SMILES string of the molecule is CC(C)c1nccn1Cc1cccc(NC(=O)c2ccccc2CN(C)C)c1. The van der Waals surface area contributed by atoms with Crippen molar-refractivity contribution in [3.63, 3.8) is 0 Å². The summed E-state index contributed by atoms with van der Waals surface area (Å²) in [5.74, 6) is 1.35. The van der Waals surface area contributed by atoms with Gasteiger partial charge in [0.05, 0.1) is 0 Å². The fraction of sp³-hybridized carbons (Fsp3) is 0.304. The molecule has 5 heteroatoms. The Morgan fingerprint density at radius 2 is 1.93 bits per heavy atom. The minimum Gasteiger partial charge on any atom is -0.330 e. The van der Waals surface area contributed by atoms with Gasteiger partial charge in [-0.2, -0.15) is 0 Å². The highest BCUT2D eigenvalue weighted by molar-refractivity contribution is 6.05. The Balaban J connectivity index is 1.76. The molecule has 28 heavy (non-hydrogen) atoms. The van der Waals surface area contributed by atoms with Gasteiger partial charge in [-0.05, 0) is 43.4 Å². The Morgan fingerprint density at radius 3 is 2.68 bits per heavy atom. The van der Waals surface area contributed by atoms with Gasteiger partial charge in [0.25, 0.3) is 5.91 Å². The van der Waals surface area contributed by atoms with Crippen LogP contribution in [0.25, 0.3) is 0 Å². The summed E-state index contributed by atoms with van der Waals surface area (Å²) >= 11 is 0. The van der Waals surface area contributed by atoms with Crippen molar-refractivity contribution in [3.05, 3.63) is 83.4 Å². The number of benzene rings is 2. The first-order valence-corrected chi connectivity index (χ1v) is 9.58. The van der Waals surface area contributed by atoms with E-state index in [4.69, 9.17) is 0 Å². The molecule has 3 aromatic rings. The Hall–Kier alpha value is -2.92. The average Bonchev–Trinajstić information content (AvgIpc) is 3.10. The van der Waals surface area contributed by atoms with Crippen LogP contribution in [0.3, 0.4) is 0 Å². The third-order valence-electron chi connectivity index (χ3n) is 4.55. The van der Waals surface area contributed by atoms with Crippen LogP contribution in [0.4, 0.5) is 5.69 Å². The van der Waals surface area contributed by atoms with Gasteiger partial charge in [0, 0.05) is 42.7 Å². The van der Waals surface area contributed by atoms with E-state index in [0.717, 1.165) is 35.7 Å². The molecule has 146 valence electrons. The molecule has 0 aliphatic carbocycles. The zero-order valence-corrected chi connectivity index (χ0v) is 17.0. The van der Waals surface area contributed by atoms with E-state index in [1.165, 1.54) is 0 Å². The topological polar surface area (TPSA) is 50.2 Å². The first-order valence-electron chi connectivity index (χ1n) is 9.58. The van der Waals surface area contributed by atoms with E-state index in [-0.39, 0.29) is 5.91 Å². The van der Waals surface area contributed by atoms with Gasteiger partial charge in [-0.1, -0.05) is 44.2 Å². The normalized spacial score (nSPS) is 11.2. The summed E-state index contributed by atoms with van der Waals surface area (Å²) in [6, 6.07) is 15.7. The molecule has 1 amide bonds. The smallest absolute Gasteiger partial charge is 0.255 e. The molecule has 0 radical (unpaired) electrons. The van der Waals surface area contributed by atoms with Crippen molar-refractivity contribution < 1.29 is 4.79 Å². The van der Waals surface area contributed by atoms with E-state index in [1.54, 1.807) is 0 Å². The Kier molecular flexibility index (Phi) is 6.26. The highest BCUT2D eigenvalue weighted by Crippen LogP contribution is 2.18. The lowest BCUT2D eigenvalue weighted by Gasteiger charge is -2.15. The largest absolute Gasteiger partial charge is 0.330 e. The molecule has 1 heterocycles. The van der Waals surface area contributed by atoms with Crippen LogP contribution in [0.5, 0.6) is 0 Å². The number of hydrogen-bond donors (Lipinski definition) is 1. The van der Waals surface area contributed by atoms with E-state index < -0.39 is 0 Å². The van der Waals surface area contributed by atoms with E-state index in [0.29, 0.717) is 11.5 Å². The Labute approximate surface area is 167 Å². The van der Waals surface area contributed by atoms with Crippen molar-refractivity contribution in [1.82, 2.24) is 14.5 Å². The molecule has 3 rings (SSSR count). The number of carbonyl (C=O) groups excluding carboxylic acids is 1. The third-order valence-corrected chi connectivity index (χ3v) is 4.55. The van der Waals surface area contributed by atoms with Gasteiger partial charge < -0.3 is 14.8 Å². The maximum Gasteiger partial charge on any atom is 0.255 e. The summed E-state index contributed by atoms with van der Waals surface area (Å²) in [6.07, 6.45) is 3.83. The molecule has 0 saturated carbocycles. The summed E-state index contributed by atoms with van der Waals surface area (Å²) in [6.45, 7) is 5.73. The summed E-state index contributed by atoms with van der Waals surface area (Å²) in [5, 5.41) is 3.05. The van der Waals surface area contributed by atoms with Crippen LogP contribution in [0.1, 0.15) is 47.1 Å². The number of rotatable bonds is 7. The Morgan fingerprint density at radius 1 is 1.14 bits per heavy atom. The first kappa shape index (κ1) is 19.8. The molecule has 0 bridgehead atoms.